The van der Waals surface area contributed by atoms with Gasteiger partial charge in [0, 0.05) is 28.4 Å². The van der Waals surface area contributed by atoms with Crippen LogP contribution in [0.3, 0.4) is 0 Å². The van der Waals surface area contributed by atoms with E-state index < -0.39 is 0 Å². The monoisotopic (exact) mass is 400 g/mol. The van der Waals surface area contributed by atoms with Crippen LogP contribution < -0.4 is 20.9 Å². The van der Waals surface area contributed by atoms with Crippen molar-refractivity contribution >= 4 is 33.1 Å². The molecule has 0 spiro atoms. The van der Waals surface area contributed by atoms with E-state index >= 15 is 0 Å². The highest BCUT2D eigenvalue weighted by Gasteiger charge is 2.24. The van der Waals surface area contributed by atoms with Crippen LogP contribution in [0.2, 0.25) is 0 Å². The predicted molar refractivity (Wildman–Crippen MR) is 127 cm³/mol. The van der Waals surface area contributed by atoms with Crippen LogP contribution in [0.5, 0.6) is 0 Å². The van der Waals surface area contributed by atoms with Gasteiger partial charge in [-0.05, 0) is 50.2 Å². The van der Waals surface area contributed by atoms with Crippen LogP contribution in [-0.2, 0) is 6.54 Å². The van der Waals surface area contributed by atoms with E-state index in [9.17, 15) is 0 Å². The molecule has 0 saturated carbocycles. The zero-order chi connectivity index (χ0) is 21.1. The van der Waals surface area contributed by atoms with Gasteiger partial charge in [-0.15, -0.1) is 0 Å². The van der Waals surface area contributed by atoms with Crippen LogP contribution in [0.1, 0.15) is 20.3 Å². The minimum Gasteiger partial charge on any atom is -0.399 e. The molecule has 1 aromatic heterocycles. The Morgan fingerprint density at radius 1 is 0.767 bits per heavy atom. The topological polar surface area (TPSA) is 60.4 Å². The molecule has 0 aliphatic carbocycles. The Balaban J connectivity index is 1.98. The Labute approximate surface area is 178 Å². The van der Waals surface area contributed by atoms with Crippen molar-refractivity contribution < 1.29 is 9.47 Å². The average molecular weight is 401 g/mol. The Kier molecular flexibility index (Phi) is 5.86. The molecule has 0 amide bonds. The van der Waals surface area contributed by atoms with E-state index in [-0.39, 0.29) is 0 Å². The van der Waals surface area contributed by atoms with Crippen LogP contribution >= 0.6 is 0 Å². The number of pyridine rings is 1. The number of aryl methyl sites for hydroxylation is 1. The number of hydrogen-bond donors (Lipinski definition) is 3. The maximum atomic E-state index is 6.23. The SMILES string of the molecule is CC[NH+](CC)CCC[n+]1c(-c2ccccc2)c2cc(N)ccc2c2ccc(N)cc21. The minimum absolute atomic E-state index is 0.786. The Hall–Kier alpha value is -3.11. The first-order valence-corrected chi connectivity index (χ1v) is 11.0. The summed E-state index contributed by atoms with van der Waals surface area (Å²) in [5.41, 5.74) is 17.6. The second kappa shape index (κ2) is 8.72. The second-order valence-electron chi connectivity index (χ2n) is 8.01. The Morgan fingerprint density at radius 2 is 1.43 bits per heavy atom. The lowest BCUT2D eigenvalue weighted by Crippen LogP contribution is -3.11. The fraction of sp³-hybridized carbons (Fsp3) is 0.269. The van der Waals surface area contributed by atoms with Crippen LogP contribution in [0.15, 0.2) is 66.7 Å². The largest absolute Gasteiger partial charge is 0.399 e. The molecule has 4 heteroatoms. The fourth-order valence-corrected chi connectivity index (χ4v) is 4.49. The third kappa shape index (κ3) is 3.83. The van der Waals surface area contributed by atoms with E-state index in [4.69, 9.17) is 11.5 Å². The summed E-state index contributed by atoms with van der Waals surface area (Å²) in [6.45, 7) is 8.95. The number of rotatable bonds is 7. The zero-order valence-electron chi connectivity index (χ0n) is 18.0. The molecule has 0 aliphatic heterocycles. The molecule has 5 N–H and O–H groups in total. The van der Waals surface area contributed by atoms with E-state index in [0.29, 0.717) is 0 Å². The summed E-state index contributed by atoms with van der Waals surface area (Å²) < 4.78 is 2.45. The number of quaternary nitrogens is 1. The van der Waals surface area contributed by atoms with Gasteiger partial charge in [0.05, 0.1) is 36.8 Å². The molecule has 0 unspecified atom stereocenters. The summed E-state index contributed by atoms with van der Waals surface area (Å²) in [5, 5.41) is 3.62. The highest BCUT2D eigenvalue weighted by atomic mass is 15.1. The van der Waals surface area contributed by atoms with Crippen molar-refractivity contribution in [1.82, 2.24) is 0 Å². The van der Waals surface area contributed by atoms with Gasteiger partial charge >= 0.3 is 0 Å². The maximum absolute atomic E-state index is 6.23. The highest BCUT2D eigenvalue weighted by Crippen LogP contribution is 2.33. The van der Waals surface area contributed by atoms with Crippen LogP contribution in [0, 0.1) is 0 Å². The van der Waals surface area contributed by atoms with Crippen molar-refractivity contribution in [2.45, 2.75) is 26.8 Å². The number of nitrogen functional groups attached to an aromatic ring is 2. The van der Waals surface area contributed by atoms with Gasteiger partial charge in [0.2, 0.25) is 11.2 Å². The standard InChI is InChI=1S/C26H30N4/c1-3-29(4-2)15-8-16-30-25-18-21(28)12-14-23(25)22-13-11-20(27)17-24(22)26(30)19-9-6-5-7-10-19/h5-7,9-14,17-18,28H,3-4,8,15-16,27H2,1-2H3/p+2. The van der Waals surface area contributed by atoms with Gasteiger partial charge in [-0.3, -0.25) is 0 Å². The molecular formula is C26H32N4+2. The molecule has 0 atom stereocenters. The molecule has 4 aromatic rings. The Morgan fingerprint density at radius 3 is 2.13 bits per heavy atom. The summed E-state index contributed by atoms with van der Waals surface area (Å²) in [7, 11) is 0. The lowest BCUT2D eigenvalue weighted by molar-refractivity contribution is -0.898. The van der Waals surface area contributed by atoms with E-state index in [2.05, 4.69) is 73.0 Å². The first-order valence-electron chi connectivity index (χ1n) is 11.0. The molecule has 4 nitrogen and oxygen atoms in total. The average Bonchev–Trinajstić information content (AvgIpc) is 2.77. The molecule has 0 saturated heterocycles. The third-order valence-electron chi connectivity index (χ3n) is 6.13. The highest BCUT2D eigenvalue weighted by molar-refractivity contribution is 6.10. The first-order chi connectivity index (χ1) is 14.6. The van der Waals surface area contributed by atoms with Crippen molar-refractivity contribution in [3.8, 4) is 11.3 Å². The molecule has 4 rings (SSSR count). The van der Waals surface area contributed by atoms with E-state index in [1.165, 1.54) is 32.9 Å². The molecule has 0 radical (unpaired) electrons. The summed E-state index contributed by atoms with van der Waals surface area (Å²) >= 11 is 0. The number of nitrogens with one attached hydrogen (secondary N) is 1. The fourth-order valence-electron chi connectivity index (χ4n) is 4.49. The van der Waals surface area contributed by atoms with E-state index in [1.54, 1.807) is 4.90 Å². The molecule has 0 bridgehead atoms. The third-order valence-corrected chi connectivity index (χ3v) is 6.13. The number of nitrogens with two attached hydrogens (primary N) is 2. The van der Waals surface area contributed by atoms with Crippen molar-refractivity contribution in [2.24, 2.45) is 0 Å². The predicted octanol–water partition coefficient (Wildman–Crippen LogP) is 3.43. The second-order valence-corrected chi connectivity index (χ2v) is 8.01. The summed E-state index contributed by atoms with van der Waals surface area (Å²) in [6, 6.07) is 23.1. The van der Waals surface area contributed by atoms with Crippen molar-refractivity contribution in [3.63, 3.8) is 0 Å². The van der Waals surface area contributed by atoms with Crippen molar-refractivity contribution in [3.05, 3.63) is 66.7 Å². The van der Waals surface area contributed by atoms with Crippen LogP contribution in [0.4, 0.5) is 11.4 Å². The van der Waals surface area contributed by atoms with Gasteiger partial charge < -0.3 is 16.4 Å². The smallest absolute Gasteiger partial charge is 0.220 e. The summed E-state index contributed by atoms with van der Waals surface area (Å²) in [6.07, 6.45) is 1.11. The zero-order valence-corrected chi connectivity index (χ0v) is 18.0. The van der Waals surface area contributed by atoms with Crippen molar-refractivity contribution in [1.29, 1.82) is 0 Å². The van der Waals surface area contributed by atoms with E-state index in [1.807, 2.05) is 12.1 Å². The number of anilines is 2. The first kappa shape index (κ1) is 20.2. The quantitative estimate of drug-likeness (QED) is 0.253. The maximum Gasteiger partial charge on any atom is 0.220 e. The summed E-state index contributed by atoms with van der Waals surface area (Å²) in [5.74, 6) is 0. The van der Waals surface area contributed by atoms with Gasteiger partial charge in [-0.25, -0.2) is 0 Å². The molecule has 0 aliphatic rings. The Bertz CT molecular complexity index is 1160. The van der Waals surface area contributed by atoms with Gasteiger partial charge in [0.1, 0.15) is 0 Å². The number of fused-ring (bicyclic) bond motifs is 3. The van der Waals surface area contributed by atoms with Gasteiger partial charge in [0.25, 0.3) is 0 Å². The summed E-state index contributed by atoms with van der Waals surface area (Å²) in [4.78, 5) is 1.63. The molecule has 30 heavy (non-hydrogen) atoms. The normalized spacial score (nSPS) is 11.6. The van der Waals surface area contributed by atoms with Crippen LogP contribution in [-0.4, -0.2) is 19.6 Å². The molecule has 1 heterocycles. The van der Waals surface area contributed by atoms with Gasteiger partial charge in [0.15, 0.2) is 6.54 Å². The van der Waals surface area contributed by atoms with Gasteiger partial charge in [-0.1, -0.05) is 24.3 Å². The number of nitrogens with zero attached hydrogens (tertiary/aromatic N) is 1. The molecular weight excluding hydrogens is 368 g/mol. The molecule has 3 aromatic carbocycles. The lowest BCUT2D eigenvalue weighted by Gasteiger charge is -2.16. The van der Waals surface area contributed by atoms with Gasteiger partial charge in [-0.2, -0.15) is 4.57 Å². The van der Waals surface area contributed by atoms with Crippen LogP contribution in [0.25, 0.3) is 32.9 Å². The number of hydrogen-bond acceptors (Lipinski definition) is 2. The lowest BCUT2D eigenvalue weighted by atomic mass is 9.98. The van der Waals surface area contributed by atoms with E-state index in [0.717, 1.165) is 44.0 Å². The number of benzene rings is 3. The number of aromatic nitrogens is 1. The minimum atomic E-state index is 0.786. The molecule has 154 valence electrons. The van der Waals surface area contributed by atoms with Crippen molar-refractivity contribution in [2.75, 3.05) is 31.1 Å². The molecule has 0 fully saturated rings.